The Kier molecular flexibility index (Phi) is 5.32. The first-order chi connectivity index (χ1) is 10.3. The Morgan fingerprint density at radius 1 is 1.14 bits per heavy atom. The van der Waals surface area contributed by atoms with E-state index in [0.717, 1.165) is 18.7 Å². The largest absolute Gasteiger partial charge is 0.398 e. The van der Waals surface area contributed by atoms with Gasteiger partial charge in [0.05, 0.1) is 0 Å². The van der Waals surface area contributed by atoms with Crippen LogP contribution in [0.25, 0.3) is 0 Å². The minimum Gasteiger partial charge on any atom is -0.398 e. The number of nitrogens with two attached hydrogens (primary N) is 1. The fraction of sp³-hybridized carbons (Fsp3) is 0.647. The zero-order valence-corrected chi connectivity index (χ0v) is 14.2. The molecule has 2 rings (SSSR count). The predicted octanol–water partition coefficient (Wildman–Crippen LogP) is 2.82. The van der Waals surface area contributed by atoms with Gasteiger partial charge in [0.25, 0.3) is 0 Å². The Balaban J connectivity index is 2.15. The van der Waals surface area contributed by atoms with Crippen LogP contribution in [0.4, 0.5) is 11.4 Å². The van der Waals surface area contributed by atoms with Crippen LogP contribution in [0.2, 0.25) is 0 Å². The van der Waals surface area contributed by atoms with Crippen molar-refractivity contribution in [1.29, 1.82) is 0 Å². The molecule has 0 amide bonds. The lowest BCUT2D eigenvalue weighted by Gasteiger charge is -2.30. The second-order valence-electron chi connectivity index (χ2n) is 6.25. The molecule has 0 bridgehead atoms. The molecule has 1 aromatic carbocycles. The third-order valence-corrected chi connectivity index (χ3v) is 4.05. The molecule has 1 heterocycles. The molecular formula is C17H28N2O3. The first kappa shape index (κ1) is 17.1. The van der Waals surface area contributed by atoms with Crippen molar-refractivity contribution in [3.05, 3.63) is 23.3 Å². The van der Waals surface area contributed by atoms with Crippen molar-refractivity contribution >= 4 is 11.4 Å². The maximum atomic E-state index is 9.26. The summed E-state index contributed by atoms with van der Waals surface area (Å²) < 4.78 is 11.1. The number of anilines is 2. The highest BCUT2D eigenvalue weighted by Crippen LogP contribution is 2.36. The van der Waals surface area contributed by atoms with Crippen molar-refractivity contribution in [2.24, 2.45) is 0 Å². The van der Waals surface area contributed by atoms with Gasteiger partial charge in [-0.2, -0.15) is 0 Å². The molecule has 5 nitrogen and oxygen atoms in total. The van der Waals surface area contributed by atoms with E-state index >= 15 is 0 Å². The summed E-state index contributed by atoms with van der Waals surface area (Å²) in [4.78, 5) is 2.22. The van der Waals surface area contributed by atoms with Gasteiger partial charge in [-0.25, -0.2) is 0 Å². The van der Waals surface area contributed by atoms with Gasteiger partial charge in [0.15, 0.2) is 12.6 Å². The van der Waals surface area contributed by atoms with Crippen molar-refractivity contribution in [3.8, 4) is 0 Å². The van der Waals surface area contributed by atoms with Crippen LogP contribution in [0.5, 0.6) is 0 Å². The Hall–Kier alpha value is -1.30. The lowest BCUT2D eigenvalue weighted by atomic mass is 9.98. The van der Waals surface area contributed by atoms with Crippen molar-refractivity contribution in [3.63, 3.8) is 0 Å². The maximum absolute atomic E-state index is 9.26. The van der Waals surface area contributed by atoms with Gasteiger partial charge >= 0.3 is 0 Å². The first-order valence-electron chi connectivity index (χ1n) is 7.97. The van der Waals surface area contributed by atoms with E-state index in [1.54, 1.807) is 13.8 Å². The second kappa shape index (κ2) is 6.86. The number of nitrogens with zero attached hydrogens (tertiary/aromatic N) is 1. The number of aliphatic hydroxyl groups is 1. The van der Waals surface area contributed by atoms with E-state index < -0.39 is 12.6 Å². The normalized spacial score (nSPS) is 18.4. The van der Waals surface area contributed by atoms with Crippen LogP contribution in [0.1, 0.15) is 51.7 Å². The smallest absolute Gasteiger partial charge is 0.160 e. The summed E-state index contributed by atoms with van der Waals surface area (Å²) in [7, 11) is 0. The van der Waals surface area contributed by atoms with Gasteiger partial charge in [-0.3, -0.25) is 0 Å². The summed E-state index contributed by atoms with van der Waals surface area (Å²) >= 11 is 0. The van der Waals surface area contributed by atoms with Gasteiger partial charge in [0.1, 0.15) is 6.23 Å². The van der Waals surface area contributed by atoms with Crippen LogP contribution < -0.4 is 10.6 Å². The highest BCUT2D eigenvalue weighted by molar-refractivity contribution is 5.67. The third-order valence-electron chi connectivity index (χ3n) is 4.05. The Labute approximate surface area is 133 Å². The zero-order chi connectivity index (χ0) is 16.4. The van der Waals surface area contributed by atoms with Crippen LogP contribution in [0.3, 0.4) is 0 Å². The fourth-order valence-corrected chi connectivity index (χ4v) is 3.04. The number of fused-ring (bicyclic) bond motifs is 1. The maximum Gasteiger partial charge on any atom is 0.160 e. The molecule has 0 aliphatic carbocycles. The predicted molar refractivity (Wildman–Crippen MR) is 88.8 cm³/mol. The quantitative estimate of drug-likeness (QED) is 0.625. The molecule has 3 unspecified atom stereocenters. The third kappa shape index (κ3) is 3.72. The molecule has 22 heavy (non-hydrogen) atoms. The van der Waals surface area contributed by atoms with Gasteiger partial charge in [-0.1, -0.05) is 13.8 Å². The lowest BCUT2D eigenvalue weighted by Crippen LogP contribution is -2.37. The molecule has 5 heteroatoms. The van der Waals surface area contributed by atoms with Crippen LogP contribution in [-0.4, -0.2) is 30.5 Å². The minimum absolute atomic E-state index is 0.126. The molecule has 0 saturated heterocycles. The van der Waals surface area contributed by atoms with E-state index in [1.807, 2.05) is 6.92 Å². The highest BCUT2D eigenvalue weighted by Gasteiger charge is 2.27. The van der Waals surface area contributed by atoms with E-state index in [0.29, 0.717) is 5.92 Å². The molecule has 3 N–H and O–H groups in total. The number of ether oxygens (including phenoxy) is 2. The molecular weight excluding hydrogens is 280 g/mol. The van der Waals surface area contributed by atoms with Gasteiger partial charge < -0.3 is 25.2 Å². The van der Waals surface area contributed by atoms with Crippen molar-refractivity contribution in [2.75, 3.05) is 17.2 Å². The van der Waals surface area contributed by atoms with E-state index in [2.05, 4.69) is 30.9 Å². The number of rotatable bonds is 6. The molecule has 1 aliphatic rings. The number of benzene rings is 1. The molecule has 1 aliphatic heterocycles. The van der Waals surface area contributed by atoms with E-state index in [9.17, 15) is 5.11 Å². The van der Waals surface area contributed by atoms with Gasteiger partial charge in [0, 0.05) is 17.9 Å². The molecule has 3 atom stereocenters. The van der Waals surface area contributed by atoms with E-state index in [-0.39, 0.29) is 6.23 Å². The summed E-state index contributed by atoms with van der Waals surface area (Å²) in [6, 6.07) is 4.27. The Morgan fingerprint density at radius 3 is 2.41 bits per heavy atom. The molecule has 0 aromatic heterocycles. The summed E-state index contributed by atoms with van der Waals surface area (Å²) in [6.45, 7) is 10.6. The van der Waals surface area contributed by atoms with Gasteiger partial charge in [-0.05, 0) is 56.4 Å². The van der Waals surface area contributed by atoms with Gasteiger partial charge in [0.2, 0.25) is 0 Å². The average Bonchev–Trinajstić information content (AvgIpc) is 2.78. The zero-order valence-electron chi connectivity index (χ0n) is 14.2. The average molecular weight is 308 g/mol. The van der Waals surface area contributed by atoms with Crippen molar-refractivity contribution in [1.82, 2.24) is 0 Å². The van der Waals surface area contributed by atoms with Crippen molar-refractivity contribution < 1.29 is 14.6 Å². The summed E-state index contributed by atoms with van der Waals surface area (Å²) in [6.07, 6.45) is -0.450. The molecule has 124 valence electrons. The molecule has 0 radical (unpaired) electrons. The molecule has 0 saturated carbocycles. The highest BCUT2D eigenvalue weighted by atomic mass is 16.7. The summed E-state index contributed by atoms with van der Waals surface area (Å²) in [5, 5.41) is 9.26. The molecule has 0 fully saturated rings. The van der Waals surface area contributed by atoms with E-state index in [4.69, 9.17) is 15.2 Å². The lowest BCUT2D eigenvalue weighted by molar-refractivity contribution is -0.226. The van der Waals surface area contributed by atoms with Crippen LogP contribution in [-0.2, 0) is 15.9 Å². The summed E-state index contributed by atoms with van der Waals surface area (Å²) in [5.74, 6) is 0.390. The number of hydrogen-bond donors (Lipinski definition) is 2. The molecule has 1 aromatic rings. The molecule has 0 spiro atoms. The number of hydrogen-bond acceptors (Lipinski definition) is 5. The monoisotopic (exact) mass is 308 g/mol. The van der Waals surface area contributed by atoms with Crippen LogP contribution in [0.15, 0.2) is 12.1 Å². The summed E-state index contributed by atoms with van der Waals surface area (Å²) in [5.41, 5.74) is 10.7. The minimum atomic E-state index is -0.833. The Bertz CT molecular complexity index is 517. The van der Waals surface area contributed by atoms with Crippen LogP contribution in [0, 0.1) is 0 Å². The SMILES string of the molecule is CC(O)OC(C)OC(C)N1CCc2cc(N)c(C(C)C)cc21. The fourth-order valence-electron chi connectivity index (χ4n) is 3.04. The first-order valence-corrected chi connectivity index (χ1v) is 7.97. The van der Waals surface area contributed by atoms with Gasteiger partial charge in [-0.15, -0.1) is 0 Å². The number of nitrogen functional groups attached to an aromatic ring is 1. The number of aliphatic hydroxyl groups excluding tert-OH is 1. The van der Waals surface area contributed by atoms with Crippen LogP contribution >= 0.6 is 0 Å². The second-order valence-corrected chi connectivity index (χ2v) is 6.25. The Morgan fingerprint density at radius 2 is 1.82 bits per heavy atom. The van der Waals surface area contributed by atoms with E-state index in [1.165, 1.54) is 16.8 Å². The standard InChI is InChI=1S/C17H28N2O3/c1-10(2)15-9-17-14(8-16(15)18)6-7-19(17)11(3)21-13(5)22-12(4)20/h8-13,20H,6-7,18H2,1-5H3. The topological polar surface area (TPSA) is 68.0 Å². The van der Waals surface area contributed by atoms with Crippen molar-refractivity contribution in [2.45, 2.75) is 65.8 Å².